The fraction of sp³-hybridized carbons (Fsp3) is 0.133. The Labute approximate surface area is 139 Å². The molecule has 0 atom stereocenters. The zero-order valence-electron chi connectivity index (χ0n) is 11.9. The van der Waals surface area contributed by atoms with Crippen molar-refractivity contribution >= 4 is 33.9 Å². The molecule has 23 heavy (non-hydrogen) atoms. The topological polar surface area (TPSA) is 80.9 Å². The van der Waals surface area contributed by atoms with E-state index in [4.69, 9.17) is 16.3 Å². The zero-order valence-corrected chi connectivity index (χ0v) is 13.5. The third kappa shape index (κ3) is 3.06. The predicted molar refractivity (Wildman–Crippen MR) is 86.3 cm³/mol. The molecular formula is C15H11ClN2O4S. The van der Waals surface area contributed by atoms with Crippen LogP contribution < -0.4 is 5.56 Å². The third-order valence-corrected chi connectivity index (χ3v) is 4.34. The van der Waals surface area contributed by atoms with E-state index in [2.05, 4.69) is 4.98 Å². The van der Waals surface area contributed by atoms with Gasteiger partial charge in [0.2, 0.25) is 0 Å². The number of halogens is 1. The van der Waals surface area contributed by atoms with Crippen LogP contribution in [0.5, 0.6) is 5.75 Å². The maximum Gasteiger partial charge on any atom is 0.342 e. The number of esters is 1. The van der Waals surface area contributed by atoms with E-state index in [0.717, 1.165) is 5.69 Å². The highest BCUT2D eigenvalue weighted by Gasteiger charge is 2.14. The highest BCUT2D eigenvalue weighted by molar-refractivity contribution is 7.15. The van der Waals surface area contributed by atoms with Crippen LogP contribution in [0.15, 0.2) is 34.4 Å². The van der Waals surface area contributed by atoms with Crippen molar-refractivity contribution in [1.82, 2.24) is 9.38 Å². The standard InChI is InChI=1S/C15H11ClN2O4S/c1-8-7-23-15-17-10(5-13(20)18(8)15)6-22-14(21)11-4-9(16)2-3-12(11)19/h2-5,7,19H,6H2,1H3. The summed E-state index contributed by atoms with van der Waals surface area (Å²) in [6.45, 7) is 1.64. The highest BCUT2D eigenvalue weighted by Crippen LogP contribution is 2.22. The Bertz CT molecular complexity index is 964. The molecule has 0 saturated carbocycles. The molecule has 2 aromatic heterocycles. The zero-order chi connectivity index (χ0) is 16.6. The number of hydrogen-bond acceptors (Lipinski definition) is 6. The molecule has 0 fully saturated rings. The van der Waals surface area contributed by atoms with E-state index in [0.29, 0.717) is 15.7 Å². The largest absolute Gasteiger partial charge is 0.507 e. The van der Waals surface area contributed by atoms with Crippen molar-refractivity contribution < 1.29 is 14.6 Å². The van der Waals surface area contributed by atoms with Gasteiger partial charge in [0.05, 0.1) is 5.69 Å². The molecule has 0 aliphatic carbocycles. The molecule has 3 rings (SSSR count). The first-order chi connectivity index (χ1) is 11.0. The number of hydrogen-bond donors (Lipinski definition) is 1. The lowest BCUT2D eigenvalue weighted by molar-refractivity contribution is 0.0464. The summed E-state index contributed by atoms with van der Waals surface area (Å²) in [7, 11) is 0. The molecule has 6 nitrogen and oxygen atoms in total. The fourth-order valence-corrected chi connectivity index (χ4v) is 3.13. The summed E-state index contributed by atoms with van der Waals surface area (Å²) in [6.07, 6.45) is 0. The van der Waals surface area contributed by atoms with Crippen molar-refractivity contribution in [2.24, 2.45) is 0 Å². The van der Waals surface area contributed by atoms with Gasteiger partial charge in [-0.25, -0.2) is 9.78 Å². The lowest BCUT2D eigenvalue weighted by atomic mass is 10.2. The van der Waals surface area contributed by atoms with Crippen molar-refractivity contribution in [3.8, 4) is 5.75 Å². The van der Waals surface area contributed by atoms with Crippen molar-refractivity contribution in [2.45, 2.75) is 13.5 Å². The van der Waals surface area contributed by atoms with Gasteiger partial charge < -0.3 is 9.84 Å². The average molecular weight is 351 g/mol. The molecule has 0 saturated heterocycles. The quantitative estimate of drug-likeness (QED) is 0.734. The Morgan fingerprint density at radius 1 is 1.43 bits per heavy atom. The fourth-order valence-electron chi connectivity index (χ4n) is 2.06. The molecule has 8 heteroatoms. The van der Waals surface area contributed by atoms with Crippen LogP contribution in [0.25, 0.3) is 4.96 Å². The average Bonchev–Trinajstić information content (AvgIpc) is 2.89. The molecule has 0 unspecified atom stereocenters. The van der Waals surface area contributed by atoms with Gasteiger partial charge in [-0.05, 0) is 25.1 Å². The molecule has 0 amide bonds. The summed E-state index contributed by atoms with van der Waals surface area (Å²) in [5.41, 5.74) is 0.870. The first-order valence-electron chi connectivity index (χ1n) is 6.58. The summed E-state index contributed by atoms with van der Waals surface area (Å²) in [5, 5.41) is 11.8. The summed E-state index contributed by atoms with van der Waals surface area (Å²) in [4.78, 5) is 28.8. The maximum atomic E-state index is 12.0. The minimum absolute atomic E-state index is 0.0396. The van der Waals surface area contributed by atoms with Crippen LogP contribution in [0.2, 0.25) is 5.02 Å². The number of benzene rings is 1. The molecule has 0 aliphatic rings. The van der Waals surface area contributed by atoms with Gasteiger partial charge in [-0.15, -0.1) is 11.3 Å². The Morgan fingerprint density at radius 3 is 3.00 bits per heavy atom. The first-order valence-corrected chi connectivity index (χ1v) is 7.84. The smallest absolute Gasteiger partial charge is 0.342 e. The van der Waals surface area contributed by atoms with Crippen LogP contribution in [-0.2, 0) is 11.3 Å². The second kappa shape index (κ2) is 6.02. The predicted octanol–water partition coefficient (Wildman–Crippen LogP) is 2.78. The number of aromatic nitrogens is 2. The molecule has 0 bridgehead atoms. The first kappa shape index (κ1) is 15.5. The lowest BCUT2D eigenvalue weighted by Crippen LogP contribution is -2.16. The van der Waals surface area contributed by atoms with E-state index in [1.54, 1.807) is 0 Å². The van der Waals surface area contributed by atoms with Gasteiger partial charge >= 0.3 is 5.97 Å². The highest BCUT2D eigenvalue weighted by atomic mass is 35.5. The number of aromatic hydroxyl groups is 1. The van der Waals surface area contributed by atoms with Crippen molar-refractivity contribution in [1.29, 1.82) is 0 Å². The van der Waals surface area contributed by atoms with Gasteiger partial charge in [-0.1, -0.05) is 11.6 Å². The number of rotatable bonds is 3. The van der Waals surface area contributed by atoms with E-state index in [1.165, 1.54) is 40.0 Å². The molecule has 1 N–H and O–H groups in total. The Balaban J connectivity index is 1.82. The van der Waals surface area contributed by atoms with Crippen LogP contribution in [0.4, 0.5) is 0 Å². The number of nitrogens with zero attached hydrogens (tertiary/aromatic N) is 2. The molecule has 0 aliphatic heterocycles. The van der Waals surface area contributed by atoms with Gasteiger partial charge in [0.25, 0.3) is 5.56 Å². The Morgan fingerprint density at radius 2 is 2.22 bits per heavy atom. The van der Waals surface area contributed by atoms with E-state index in [-0.39, 0.29) is 23.5 Å². The van der Waals surface area contributed by atoms with Crippen LogP contribution in [-0.4, -0.2) is 20.5 Å². The van der Waals surface area contributed by atoms with E-state index in [1.807, 2.05) is 12.3 Å². The van der Waals surface area contributed by atoms with Crippen molar-refractivity contribution in [3.63, 3.8) is 0 Å². The number of carbonyl (C=O) groups excluding carboxylic acids is 1. The summed E-state index contributed by atoms with van der Waals surface area (Å²) in [6, 6.07) is 5.40. The van der Waals surface area contributed by atoms with Crippen LogP contribution in [0.3, 0.4) is 0 Å². The minimum atomic E-state index is -0.741. The van der Waals surface area contributed by atoms with E-state index >= 15 is 0 Å². The minimum Gasteiger partial charge on any atom is -0.507 e. The third-order valence-electron chi connectivity index (χ3n) is 3.16. The van der Waals surface area contributed by atoms with Gasteiger partial charge in [-0.3, -0.25) is 9.20 Å². The second-order valence-electron chi connectivity index (χ2n) is 4.82. The number of ether oxygens (including phenoxy) is 1. The van der Waals surface area contributed by atoms with Gasteiger partial charge in [-0.2, -0.15) is 0 Å². The molecule has 3 aromatic rings. The monoisotopic (exact) mass is 350 g/mol. The summed E-state index contributed by atoms with van der Waals surface area (Å²) < 4.78 is 6.58. The SMILES string of the molecule is Cc1csc2nc(COC(=O)c3cc(Cl)ccc3O)cc(=O)n12. The second-order valence-corrected chi connectivity index (χ2v) is 6.09. The number of aryl methyl sites for hydroxylation is 1. The van der Waals surface area contributed by atoms with E-state index < -0.39 is 5.97 Å². The van der Waals surface area contributed by atoms with E-state index in [9.17, 15) is 14.7 Å². The number of thiazole rings is 1. The molecule has 0 radical (unpaired) electrons. The van der Waals surface area contributed by atoms with Gasteiger partial charge in [0.15, 0.2) is 4.96 Å². The van der Waals surface area contributed by atoms with Crippen LogP contribution in [0.1, 0.15) is 21.7 Å². The summed E-state index contributed by atoms with van der Waals surface area (Å²) >= 11 is 7.12. The van der Waals surface area contributed by atoms with Crippen molar-refractivity contribution in [3.05, 3.63) is 62.0 Å². The molecule has 118 valence electrons. The molecule has 1 aromatic carbocycles. The Kier molecular flexibility index (Phi) is 4.06. The van der Waals surface area contributed by atoms with Crippen LogP contribution in [0, 0.1) is 6.92 Å². The molecule has 0 spiro atoms. The number of carbonyl (C=O) groups is 1. The number of phenolic OH excluding ortho intramolecular Hbond substituents is 1. The molecular weight excluding hydrogens is 340 g/mol. The van der Waals surface area contributed by atoms with Gasteiger partial charge in [0.1, 0.15) is 17.9 Å². The van der Waals surface area contributed by atoms with Gasteiger partial charge in [0, 0.05) is 22.2 Å². The van der Waals surface area contributed by atoms with Crippen LogP contribution >= 0.6 is 22.9 Å². The summed E-state index contributed by atoms with van der Waals surface area (Å²) in [5.74, 6) is -0.967. The normalized spacial score (nSPS) is 10.9. The van der Waals surface area contributed by atoms with Crippen molar-refractivity contribution in [2.75, 3.05) is 0 Å². The maximum absolute atomic E-state index is 12.0. The molecule has 2 heterocycles. The number of phenols is 1. The lowest BCUT2D eigenvalue weighted by Gasteiger charge is -2.06. The Hall–Kier alpha value is -2.38. The number of fused-ring (bicyclic) bond motifs is 1.